The Bertz CT molecular complexity index is 524. The second kappa shape index (κ2) is 6.68. The SMILES string of the molecule is CCOc1cccc(CNC(C)c2ncc(C)s2)c1. The van der Waals surface area contributed by atoms with Crippen LogP contribution >= 0.6 is 11.3 Å². The van der Waals surface area contributed by atoms with Gasteiger partial charge in [-0.2, -0.15) is 0 Å². The Morgan fingerprint density at radius 3 is 2.95 bits per heavy atom. The molecule has 3 nitrogen and oxygen atoms in total. The molecule has 0 aliphatic heterocycles. The Morgan fingerprint density at radius 1 is 1.42 bits per heavy atom. The number of benzene rings is 1. The highest BCUT2D eigenvalue weighted by atomic mass is 32.1. The van der Waals surface area contributed by atoms with E-state index in [1.165, 1.54) is 10.4 Å². The van der Waals surface area contributed by atoms with Crippen LogP contribution in [-0.4, -0.2) is 11.6 Å². The predicted molar refractivity (Wildman–Crippen MR) is 79.7 cm³/mol. The molecule has 1 unspecified atom stereocenters. The van der Waals surface area contributed by atoms with Crippen molar-refractivity contribution in [2.45, 2.75) is 33.4 Å². The van der Waals surface area contributed by atoms with E-state index in [1.807, 2.05) is 25.3 Å². The maximum Gasteiger partial charge on any atom is 0.119 e. The van der Waals surface area contributed by atoms with Crippen LogP contribution in [0.15, 0.2) is 30.5 Å². The van der Waals surface area contributed by atoms with Gasteiger partial charge in [-0.1, -0.05) is 12.1 Å². The number of hydrogen-bond donors (Lipinski definition) is 1. The number of thiazole rings is 1. The molecule has 0 saturated heterocycles. The van der Waals surface area contributed by atoms with E-state index in [4.69, 9.17) is 4.74 Å². The van der Waals surface area contributed by atoms with Crippen LogP contribution in [0.2, 0.25) is 0 Å². The lowest BCUT2D eigenvalue weighted by molar-refractivity contribution is 0.339. The fraction of sp³-hybridized carbons (Fsp3) is 0.400. The zero-order chi connectivity index (χ0) is 13.7. The van der Waals surface area contributed by atoms with Crippen molar-refractivity contribution in [3.8, 4) is 5.75 Å². The number of hydrogen-bond acceptors (Lipinski definition) is 4. The van der Waals surface area contributed by atoms with Gasteiger partial charge in [0.2, 0.25) is 0 Å². The Labute approximate surface area is 118 Å². The topological polar surface area (TPSA) is 34.1 Å². The third-order valence-electron chi connectivity index (χ3n) is 2.83. The van der Waals surface area contributed by atoms with Gasteiger partial charge in [0, 0.05) is 17.6 Å². The summed E-state index contributed by atoms with van der Waals surface area (Å²) in [6.45, 7) is 7.74. The Kier molecular flexibility index (Phi) is 4.93. The third-order valence-corrected chi connectivity index (χ3v) is 3.93. The highest BCUT2D eigenvalue weighted by molar-refractivity contribution is 7.11. The maximum absolute atomic E-state index is 5.50. The van der Waals surface area contributed by atoms with E-state index in [1.54, 1.807) is 11.3 Å². The molecule has 0 aliphatic carbocycles. The van der Waals surface area contributed by atoms with E-state index in [0.717, 1.165) is 17.3 Å². The molecule has 0 saturated carbocycles. The van der Waals surface area contributed by atoms with Crippen molar-refractivity contribution in [2.24, 2.45) is 0 Å². The summed E-state index contributed by atoms with van der Waals surface area (Å²) in [5.74, 6) is 0.930. The van der Waals surface area contributed by atoms with Gasteiger partial charge in [-0.15, -0.1) is 11.3 Å². The monoisotopic (exact) mass is 276 g/mol. The molecule has 0 radical (unpaired) electrons. The van der Waals surface area contributed by atoms with Crippen LogP contribution in [0.1, 0.15) is 35.3 Å². The molecule has 0 fully saturated rings. The molecule has 0 bridgehead atoms. The van der Waals surface area contributed by atoms with E-state index in [2.05, 4.69) is 36.3 Å². The molecular formula is C15H20N2OS. The lowest BCUT2D eigenvalue weighted by Gasteiger charge is -2.12. The van der Waals surface area contributed by atoms with Gasteiger partial charge in [-0.25, -0.2) is 4.98 Å². The lowest BCUT2D eigenvalue weighted by Crippen LogP contribution is -2.17. The summed E-state index contributed by atoms with van der Waals surface area (Å²) < 4.78 is 5.50. The molecule has 4 heteroatoms. The van der Waals surface area contributed by atoms with Crippen molar-refractivity contribution >= 4 is 11.3 Å². The van der Waals surface area contributed by atoms with Crippen LogP contribution in [0.3, 0.4) is 0 Å². The van der Waals surface area contributed by atoms with Gasteiger partial charge < -0.3 is 10.1 Å². The van der Waals surface area contributed by atoms with Crippen LogP contribution in [0.5, 0.6) is 5.75 Å². The van der Waals surface area contributed by atoms with Gasteiger partial charge in [-0.05, 0) is 38.5 Å². The van der Waals surface area contributed by atoms with Gasteiger partial charge in [0.1, 0.15) is 10.8 Å². The van der Waals surface area contributed by atoms with E-state index in [0.29, 0.717) is 6.61 Å². The van der Waals surface area contributed by atoms with Crippen LogP contribution < -0.4 is 10.1 Å². The minimum Gasteiger partial charge on any atom is -0.494 e. The minimum absolute atomic E-state index is 0.273. The maximum atomic E-state index is 5.50. The van der Waals surface area contributed by atoms with E-state index in [-0.39, 0.29) is 6.04 Å². The first-order valence-corrected chi connectivity index (χ1v) is 7.38. The average molecular weight is 276 g/mol. The van der Waals surface area contributed by atoms with Crippen LogP contribution in [0.25, 0.3) is 0 Å². The molecule has 1 aromatic carbocycles. The summed E-state index contributed by atoms with van der Waals surface area (Å²) in [7, 11) is 0. The fourth-order valence-corrected chi connectivity index (χ4v) is 2.64. The second-order valence-electron chi connectivity index (χ2n) is 4.49. The molecule has 0 aliphatic rings. The minimum atomic E-state index is 0.273. The largest absolute Gasteiger partial charge is 0.494 e. The molecule has 2 aromatic rings. The van der Waals surface area contributed by atoms with Crippen molar-refractivity contribution in [3.05, 3.63) is 45.9 Å². The van der Waals surface area contributed by atoms with Crippen molar-refractivity contribution in [3.63, 3.8) is 0 Å². The molecule has 1 atom stereocenters. The normalized spacial score (nSPS) is 12.4. The quantitative estimate of drug-likeness (QED) is 0.873. The van der Waals surface area contributed by atoms with E-state index >= 15 is 0 Å². The van der Waals surface area contributed by atoms with Crippen molar-refractivity contribution in [1.29, 1.82) is 0 Å². The zero-order valence-electron chi connectivity index (χ0n) is 11.6. The van der Waals surface area contributed by atoms with Crippen molar-refractivity contribution in [1.82, 2.24) is 10.3 Å². The summed E-state index contributed by atoms with van der Waals surface area (Å²) in [4.78, 5) is 5.66. The molecule has 19 heavy (non-hydrogen) atoms. The standard InChI is InChI=1S/C15H20N2OS/c1-4-18-14-7-5-6-13(8-14)10-16-12(3)15-17-9-11(2)19-15/h5-9,12,16H,4,10H2,1-3H3. The predicted octanol–water partition coefficient (Wildman–Crippen LogP) is 3.70. The molecule has 1 aromatic heterocycles. The average Bonchev–Trinajstić information content (AvgIpc) is 2.84. The van der Waals surface area contributed by atoms with E-state index in [9.17, 15) is 0 Å². The summed E-state index contributed by atoms with van der Waals surface area (Å²) in [5, 5.41) is 4.63. The number of aryl methyl sites for hydroxylation is 1. The Morgan fingerprint density at radius 2 is 2.26 bits per heavy atom. The lowest BCUT2D eigenvalue weighted by atomic mass is 10.2. The van der Waals surface area contributed by atoms with E-state index < -0.39 is 0 Å². The second-order valence-corrected chi connectivity index (χ2v) is 5.76. The summed E-state index contributed by atoms with van der Waals surface area (Å²) >= 11 is 1.74. The number of ether oxygens (including phenoxy) is 1. The number of nitrogens with one attached hydrogen (secondary N) is 1. The molecule has 1 N–H and O–H groups in total. The highest BCUT2D eigenvalue weighted by Crippen LogP contribution is 2.20. The summed E-state index contributed by atoms with van der Waals surface area (Å²) in [6.07, 6.45) is 1.92. The van der Waals surface area contributed by atoms with Crippen LogP contribution in [0.4, 0.5) is 0 Å². The van der Waals surface area contributed by atoms with Gasteiger partial charge in [-0.3, -0.25) is 0 Å². The molecule has 0 amide bonds. The molecule has 2 rings (SSSR count). The first-order valence-electron chi connectivity index (χ1n) is 6.56. The number of nitrogens with zero attached hydrogens (tertiary/aromatic N) is 1. The van der Waals surface area contributed by atoms with Gasteiger partial charge in [0.05, 0.1) is 12.6 Å². The van der Waals surface area contributed by atoms with Crippen LogP contribution in [-0.2, 0) is 6.54 Å². The smallest absolute Gasteiger partial charge is 0.119 e. The Hall–Kier alpha value is -1.39. The fourth-order valence-electron chi connectivity index (χ4n) is 1.84. The van der Waals surface area contributed by atoms with Crippen LogP contribution in [0, 0.1) is 6.92 Å². The zero-order valence-corrected chi connectivity index (χ0v) is 12.5. The number of aromatic nitrogens is 1. The summed E-state index contributed by atoms with van der Waals surface area (Å²) in [6, 6.07) is 8.47. The third kappa shape index (κ3) is 4.04. The van der Waals surface area contributed by atoms with Gasteiger partial charge >= 0.3 is 0 Å². The van der Waals surface area contributed by atoms with Gasteiger partial charge in [0.25, 0.3) is 0 Å². The summed E-state index contributed by atoms with van der Waals surface area (Å²) in [5.41, 5.74) is 1.23. The van der Waals surface area contributed by atoms with Gasteiger partial charge in [0.15, 0.2) is 0 Å². The van der Waals surface area contributed by atoms with Crippen molar-refractivity contribution < 1.29 is 4.74 Å². The molecule has 0 spiro atoms. The first-order chi connectivity index (χ1) is 9.19. The molecule has 1 heterocycles. The molecular weight excluding hydrogens is 256 g/mol. The van der Waals surface area contributed by atoms with Crippen molar-refractivity contribution in [2.75, 3.05) is 6.61 Å². The first kappa shape index (κ1) is 14.0. The number of rotatable bonds is 6. The Balaban J connectivity index is 1.93. The highest BCUT2D eigenvalue weighted by Gasteiger charge is 2.08. The molecule has 102 valence electrons.